The molecule has 4 atom stereocenters. The summed E-state index contributed by atoms with van der Waals surface area (Å²) >= 11 is 0. The summed E-state index contributed by atoms with van der Waals surface area (Å²) in [6.45, 7) is 2.13. The first-order valence-corrected chi connectivity index (χ1v) is 10.2. The molecule has 0 aromatic rings. The van der Waals surface area contributed by atoms with Gasteiger partial charge in [-0.15, -0.1) is 0 Å². The molecule has 26 heavy (non-hydrogen) atoms. The quantitative estimate of drug-likeness (QED) is 0.327. The number of rotatable bonds is 15. The first-order chi connectivity index (χ1) is 12.5. The molecule has 1 aliphatic rings. The monoisotopic (exact) mass is 369 g/mol. The van der Waals surface area contributed by atoms with Crippen molar-refractivity contribution in [1.29, 1.82) is 0 Å². The Hall–Kier alpha value is -1.30. The minimum absolute atomic E-state index is 0.0418. The van der Waals surface area contributed by atoms with E-state index < -0.39 is 12.0 Å². The van der Waals surface area contributed by atoms with Crippen molar-refractivity contribution >= 4 is 11.8 Å². The molecule has 0 bridgehead atoms. The fourth-order valence-corrected chi connectivity index (χ4v) is 4.05. The zero-order chi connectivity index (χ0) is 19.4. The Balaban J connectivity index is 2.39. The van der Waals surface area contributed by atoms with Crippen LogP contribution in [0.1, 0.15) is 90.4 Å². The summed E-state index contributed by atoms with van der Waals surface area (Å²) in [6.07, 6.45) is 9.44. The average Bonchev–Trinajstić information content (AvgIpc) is 2.91. The molecule has 1 fully saturated rings. The summed E-state index contributed by atoms with van der Waals surface area (Å²) in [5.74, 6) is -0.807. The maximum absolute atomic E-state index is 12.3. The van der Waals surface area contributed by atoms with Crippen LogP contribution in [0.5, 0.6) is 0 Å². The average molecular weight is 370 g/mol. The highest BCUT2D eigenvalue weighted by molar-refractivity contribution is 5.84. The van der Waals surface area contributed by atoms with Gasteiger partial charge in [0.2, 0.25) is 0 Å². The number of Topliss-reactive ketones (excluding diaryl/α,β-unsaturated/α-hetero) is 1. The Morgan fingerprint density at radius 3 is 2.50 bits per heavy atom. The molecule has 0 aromatic carbocycles. The summed E-state index contributed by atoms with van der Waals surface area (Å²) in [5.41, 5.74) is 0. The molecular formula is C20H35NO5. The predicted octanol–water partition coefficient (Wildman–Crippen LogP) is 4.47. The van der Waals surface area contributed by atoms with E-state index in [2.05, 4.69) is 12.1 Å². The molecule has 1 rings (SSSR count). The number of aliphatic carboxylic acids is 1. The molecule has 1 saturated carbocycles. The van der Waals surface area contributed by atoms with Gasteiger partial charge in [-0.1, -0.05) is 50.6 Å². The number of unbranched alkanes of at least 4 members (excludes halogenated alkanes) is 5. The Kier molecular flexibility index (Phi) is 11.3. The van der Waals surface area contributed by atoms with Crippen LogP contribution in [0.15, 0.2) is 5.18 Å². The van der Waals surface area contributed by atoms with Crippen molar-refractivity contribution in [3.8, 4) is 0 Å². The number of ketones is 1. The topological polar surface area (TPSA) is 104 Å². The van der Waals surface area contributed by atoms with Gasteiger partial charge >= 0.3 is 5.97 Å². The lowest BCUT2D eigenvalue weighted by atomic mass is 9.84. The van der Waals surface area contributed by atoms with E-state index in [0.29, 0.717) is 19.3 Å². The standard InChI is InChI=1S/C20H35NO5/c1-2-3-6-9-15(22)12-13-16-17(19(23)14-18(16)21-26)10-7-4-5-8-11-20(24)25/h15-18,22H,2-14H2,1H3,(H,24,25). The van der Waals surface area contributed by atoms with Crippen LogP contribution in [0.25, 0.3) is 0 Å². The van der Waals surface area contributed by atoms with Gasteiger partial charge < -0.3 is 10.2 Å². The second kappa shape index (κ2) is 13.0. The molecule has 1 aliphatic carbocycles. The number of hydrogen-bond donors (Lipinski definition) is 2. The van der Waals surface area contributed by atoms with E-state index in [1.165, 1.54) is 0 Å². The molecule has 0 amide bonds. The van der Waals surface area contributed by atoms with Crippen molar-refractivity contribution in [3.05, 3.63) is 4.91 Å². The lowest BCUT2D eigenvalue weighted by Crippen LogP contribution is -2.22. The predicted molar refractivity (Wildman–Crippen MR) is 101 cm³/mol. The van der Waals surface area contributed by atoms with Gasteiger partial charge in [0.15, 0.2) is 0 Å². The van der Waals surface area contributed by atoms with E-state index in [0.717, 1.165) is 51.4 Å². The number of nitroso groups, excluding NO2 is 1. The lowest BCUT2D eigenvalue weighted by molar-refractivity contribution is -0.137. The molecule has 4 unspecified atom stereocenters. The van der Waals surface area contributed by atoms with Gasteiger partial charge in [-0.25, -0.2) is 0 Å². The van der Waals surface area contributed by atoms with Crippen LogP contribution in [-0.4, -0.2) is 34.1 Å². The molecule has 0 aliphatic heterocycles. The van der Waals surface area contributed by atoms with Crippen LogP contribution >= 0.6 is 0 Å². The van der Waals surface area contributed by atoms with Crippen LogP contribution in [0.3, 0.4) is 0 Å². The third-order valence-electron chi connectivity index (χ3n) is 5.60. The van der Waals surface area contributed by atoms with E-state index in [-0.39, 0.29) is 36.6 Å². The highest BCUT2D eigenvalue weighted by Crippen LogP contribution is 2.38. The van der Waals surface area contributed by atoms with Crippen LogP contribution in [-0.2, 0) is 9.59 Å². The first kappa shape index (κ1) is 22.7. The van der Waals surface area contributed by atoms with E-state index in [4.69, 9.17) is 5.11 Å². The van der Waals surface area contributed by atoms with E-state index >= 15 is 0 Å². The van der Waals surface area contributed by atoms with Crippen molar-refractivity contribution in [3.63, 3.8) is 0 Å². The van der Waals surface area contributed by atoms with Gasteiger partial charge in [0.25, 0.3) is 0 Å². The normalized spacial score (nSPS) is 23.9. The van der Waals surface area contributed by atoms with Gasteiger partial charge in [0.05, 0.1) is 6.10 Å². The number of carbonyl (C=O) groups excluding carboxylic acids is 1. The minimum atomic E-state index is -0.770. The summed E-state index contributed by atoms with van der Waals surface area (Å²) in [5, 5.41) is 21.9. The Morgan fingerprint density at radius 1 is 1.12 bits per heavy atom. The van der Waals surface area contributed by atoms with Crippen LogP contribution in [0.4, 0.5) is 0 Å². The molecule has 6 heteroatoms. The van der Waals surface area contributed by atoms with Gasteiger partial charge in [-0.2, -0.15) is 4.91 Å². The zero-order valence-corrected chi connectivity index (χ0v) is 16.1. The first-order valence-electron chi connectivity index (χ1n) is 10.2. The summed E-state index contributed by atoms with van der Waals surface area (Å²) in [6, 6.07) is -0.442. The number of aliphatic hydroxyl groups is 1. The van der Waals surface area contributed by atoms with Crippen LogP contribution < -0.4 is 0 Å². The molecule has 6 nitrogen and oxygen atoms in total. The number of carboxylic acid groups (broad SMARTS) is 1. The SMILES string of the molecule is CCCCCC(O)CCC1C(N=O)CC(=O)C1CCCCCCC(=O)O. The smallest absolute Gasteiger partial charge is 0.303 e. The van der Waals surface area contributed by atoms with Crippen LogP contribution in [0.2, 0.25) is 0 Å². The molecule has 0 saturated heterocycles. The van der Waals surface area contributed by atoms with E-state index in [1.807, 2.05) is 0 Å². The molecule has 0 radical (unpaired) electrons. The molecule has 0 heterocycles. The number of aliphatic hydroxyl groups excluding tert-OH is 1. The highest BCUT2D eigenvalue weighted by atomic mass is 16.4. The summed E-state index contributed by atoms with van der Waals surface area (Å²) in [4.78, 5) is 33.9. The molecule has 0 spiro atoms. The third-order valence-corrected chi connectivity index (χ3v) is 5.60. The number of nitrogens with zero attached hydrogens (tertiary/aromatic N) is 1. The molecular weight excluding hydrogens is 334 g/mol. The van der Waals surface area contributed by atoms with E-state index in [9.17, 15) is 19.6 Å². The third kappa shape index (κ3) is 8.39. The molecule has 2 N–H and O–H groups in total. The maximum Gasteiger partial charge on any atom is 0.303 e. The Bertz CT molecular complexity index is 440. The molecule has 0 aromatic heterocycles. The van der Waals surface area contributed by atoms with Crippen LogP contribution in [0, 0.1) is 16.7 Å². The lowest BCUT2D eigenvalue weighted by Gasteiger charge is -2.21. The van der Waals surface area contributed by atoms with Crippen molar-refractivity contribution in [2.45, 2.75) is 103 Å². The van der Waals surface area contributed by atoms with Crippen molar-refractivity contribution in [2.75, 3.05) is 0 Å². The van der Waals surface area contributed by atoms with Crippen molar-refractivity contribution in [1.82, 2.24) is 0 Å². The van der Waals surface area contributed by atoms with Crippen molar-refractivity contribution in [2.24, 2.45) is 17.0 Å². The Morgan fingerprint density at radius 2 is 1.85 bits per heavy atom. The summed E-state index contributed by atoms with van der Waals surface area (Å²) < 4.78 is 0. The Labute approximate surface area is 156 Å². The fraction of sp³-hybridized carbons (Fsp3) is 0.900. The maximum atomic E-state index is 12.3. The highest BCUT2D eigenvalue weighted by Gasteiger charge is 2.42. The number of carbonyl (C=O) groups is 2. The molecule has 150 valence electrons. The number of carboxylic acids is 1. The van der Waals surface area contributed by atoms with Gasteiger partial charge in [0.1, 0.15) is 11.8 Å². The summed E-state index contributed by atoms with van der Waals surface area (Å²) in [7, 11) is 0. The van der Waals surface area contributed by atoms with Gasteiger partial charge in [-0.05, 0) is 38.0 Å². The minimum Gasteiger partial charge on any atom is -0.481 e. The second-order valence-corrected chi connectivity index (χ2v) is 7.69. The fourth-order valence-electron chi connectivity index (χ4n) is 4.05. The van der Waals surface area contributed by atoms with E-state index in [1.54, 1.807) is 0 Å². The number of hydrogen-bond acceptors (Lipinski definition) is 5. The largest absolute Gasteiger partial charge is 0.481 e. The zero-order valence-electron chi connectivity index (χ0n) is 16.1. The van der Waals surface area contributed by atoms with Gasteiger partial charge in [-0.3, -0.25) is 9.59 Å². The van der Waals surface area contributed by atoms with Gasteiger partial charge in [0, 0.05) is 18.8 Å². The van der Waals surface area contributed by atoms with Crippen molar-refractivity contribution < 1.29 is 19.8 Å². The second-order valence-electron chi connectivity index (χ2n) is 7.69.